The summed E-state index contributed by atoms with van der Waals surface area (Å²) < 4.78 is 2.51. The lowest BCUT2D eigenvalue weighted by molar-refractivity contribution is -0.705. The molecule has 1 heterocycles. The van der Waals surface area contributed by atoms with Gasteiger partial charge in [-0.05, 0) is 36.8 Å². The van der Waals surface area contributed by atoms with Gasteiger partial charge in [-0.15, -0.1) is 0 Å². The molecular formula is C33H49N2+. The third-order valence-corrected chi connectivity index (χ3v) is 7.90. The molecule has 0 saturated carbocycles. The van der Waals surface area contributed by atoms with Gasteiger partial charge in [-0.3, -0.25) is 0 Å². The fourth-order valence-corrected chi connectivity index (χ4v) is 5.85. The van der Waals surface area contributed by atoms with Crippen LogP contribution >= 0.6 is 0 Å². The zero-order valence-electron chi connectivity index (χ0n) is 22.6. The van der Waals surface area contributed by atoms with Crippen LogP contribution in [0.3, 0.4) is 0 Å². The zero-order chi connectivity index (χ0) is 24.8. The Hall–Kier alpha value is -2.35. The highest BCUT2D eigenvalue weighted by Crippen LogP contribution is 2.42. The van der Waals surface area contributed by atoms with Crippen LogP contribution in [0.15, 0.2) is 73.1 Å². The van der Waals surface area contributed by atoms with Gasteiger partial charge in [-0.1, -0.05) is 133 Å². The first kappa shape index (κ1) is 27.2. The summed E-state index contributed by atoms with van der Waals surface area (Å²) >= 11 is 0. The summed E-state index contributed by atoms with van der Waals surface area (Å²) in [6.45, 7) is 8.22. The van der Waals surface area contributed by atoms with E-state index in [2.05, 4.69) is 103 Å². The van der Waals surface area contributed by atoms with Gasteiger partial charge < -0.3 is 0 Å². The molecule has 2 unspecified atom stereocenters. The summed E-state index contributed by atoms with van der Waals surface area (Å²) in [5.74, 6) is 1.80. The average molecular weight is 474 g/mol. The first-order valence-corrected chi connectivity index (χ1v) is 14.3. The Morgan fingerprint density at radius 2 is 1.31 bits per heavy atom. The molecule has 35 heavy (non-hydrogen) atoms. The number of aromatic amines is 1. The number of aryl methyl sites for hydroxylation is 1. The summed E-state index contributed by atoms with van der Waals surface area (Å²) in [6.07, 6.45) is 20.4. The summed E-state index contributed by atoms with van der Waals surface area (Å²) in [5.41, 5.74) is 2.85. The van der Waals surface area contributed by atoms with Gasteiger partial charge in [-0.25, -0.2) is 9.55 Å². The van der Waals surface area contributed by atoms with E-state index in [-0.39, 0.29) is 5.41 Å². The van der Waals surface area contributed by atoms with Crippen molar-refractivity contribution < 1.29 is 4.57 Å². The van der Waals surface area contributed by atoms with Gasteiger partial charge in [0.05, 0.1) is 12.5 Å². The van der Waals surface area contributed by atoms with Gasteiger partial charge in [0.15, 0.2) is 0 Å². The molecule has 2 aromatic carbocycles. The van der Waals surface area contributed by atoms with Crippen LogP contribution in [0.1, 0.15) is 114 Å². The normalized spacial score (nSPS) is 14.0. The lowest BCUT2D eigenvalue weighted by Gasteiger charge is -2.36. The van der Waals surface area contributed by atoms with Gasteiger partial charge in [0, 0.05) is 5.41 Å². The minimum Gasteiger partial charge on any atom is -0.247 e. The van der Waals surface area contributed by atoms with Crippen molar-refractivity contribution in [3.63, 3.8) is 0 Å². The predicted octanol–water partition coefficient (Wildman–Crippen LogP) is 8.92. The second-order valence-electron chi connectivity index (χ2n) is 10.6. The second kappa shape index (κ2) is 14.9. The minimum atomic E-state index is 0.0156. The molecule has 0 fully saturated rings. The molecular weight excluding hydrogens is 424 g/mol. The molecule has 190 valence electrons. The third kappa shape index (κ3) is 8.09. The van der Waals surface area contributed by atoms with Gasteiger partial charge >= 0.3 is 0 Å². The second-order valence-corrected chi connectivity index (χ2v) is 10.6. The van der Waals surface area contributed by atoms with E-state index in [1.54, 1.807) is 0 Å². The summed E-state index contributed by atoms with van der Waals surface area (Å²) in [6, 6.07) is 22.2. The maximum atomic E-state index is 3.67. The van der Waals surface area contributed by atoms with E-state index in [0.717, 1.165) is 19.4 Å². The maximum absolute atomic E-state index is 3.67. The fourth-order valence-electron chi connectivity index (χ4n) is 5.85. The highest BCUT2D eigenvalue weighted by molar-refractivity contribution is 5.32. The predicted molar refractivity (Wildman–Crippen MR) is 150 cm³/mol. The SMILES string of the molecule is CCCCCCCCCCCC[n+]1cc[nH]c1C(CC)C(C)(Cc1ccccc1)c1ccccc1. The van der Waals surface area contributed by atoms with Crippen LogP contribution < -0.4 is 4.57 Å². The van der Waals surface area contributed by atoms with E-state index in [1.807, 2.05) is 0 Å². The Morgan fingerprint density at radius 3 is 1.91 bits per heavy atom. The molecule has 1 N–H and O–H groups in total. The topological polar surface area (TPSA) is 19.7 Å². The van der Waals surface area contributed by atoms with Gasteiger partial charge in [0.1, 0.15) is 12.4 Å². The maximum Gasteiger partial charge on any atom is 0.258 e. The Kier molecular flexibility index (Phi) is 11.6. The van der Waals surface area contributed by atoms with Crippen molar-refractivity contribution in [3.8, 4) is 0 Å². The van der Waals surface area contributed by atoms with E-state index < -0.39 is 0 Å². The molecule has 0 aliphatic rings. The van der Waals surface area contributed by atoms with E-state index in [0.29, 0.717) is 5.92 Å². The molecule has 1 aromatic heterocycles. The number of imidazole rings is 1. The minimum absolute atomic E-state index is 0.0156. The van der Waals surface area contributed by atoms with Crippen LogP contribution in [0.4, 0.5) is 0 Å². The van der Waals surface area contributed by atoms with Crippen molar-refractivity contribution >= 4 is 0 Å². The van der Waals surface area contributed by atoms with Gasteiger partial charge in [-0.2, -0.15) is 0 Å². The van der Waals surface area contributed by atoms with E-state index in [4.69, 9.17) is 0 Å². The largest absolute Gasteiger partial charge is 0.258 e. The molecule has 2 heteroatoms. The number of nitrogens with zero attached hydrogens (tertiary/aromatic N) is 1. The summed E-state index contributed by atoms with van der Waals surface area (Å²) in [7, 11) is 0. The van der Waals surface area contributed by atoms with Crippen molar-refractivity contribution in [1.29, 1.82) is 0 Å². The molecule has 3 aromatic rings. The molecule has 0 aliphatic carbocycles. The number of rotatable bonds is 17. The molecule has 0 spiro atoms. The number of hydrogen-bond donors (Lipinski definition) is 1. The Labute approximate surface area is 215 Å². The lowest BCUT2D eigenvalue weighted by atomic mass is 9.66. The van der Waals surface area contributed by atoms with Crippen LogP contribution in [-0.2, 0) is 18.4 Å². The van der Waals surface area contributed by atoms with Gasteiger partial charge in [0.2, 0.25) is 0 Å². The van der Waals surface area contributed by atoms with E-state index in [1.165, 1.54) is 81.2 Å². The summed E-state index contributed by atoms with van der Waals surface area (Å²) in [4.78, 5) is 3.67. The molecule has 0 aliphatic heterocycles. The first-order valence-electron chi connectivity index (χ1n) is 14.3. The molecule has 0 saturated heterocycles. The number of H-pyrrole nitrogens is 1. The monoisotopic (exact) mass is 473 g/mol. The summed E-state index contributed by atoms with van der Waals surface area (Å²) in [5, 5.41) is 0. The van der Waals surface area contributed by atoms with Crippen molar-refractivity contribution in [2.45, 2.75) is 116 Å². The highest BCUT2D eigenvalue weighted by Gasteiger charge is 2.41. The number of aromatic nitrogens is 2. The molecule has 0 radical (unpaired) electrons. The first-order chi connectivity index (χ1) is 17.2. The number of benzene rings is 2. The molecule has 2 nitrogen and oxygen atoms in total. The quantitative estimate of drug-likeness (QED) is 0.149. The van der Waals surface area contributed by atoms with Crippen molar-refractivity contribution in [1.82, 2.24) is 4.98 Å². The average Bonchev–Trinajstić information content (AvgIpc) is 3.34. The van der Waals surface area contributed by atoms with E-state index in [9.17, 15) is 0 Å². The number of nitrogens with one attached hydrogen (secondary N) is 1. The Bertz CT molecular complexity index is 930. The Balaban J connectivity index is 1.63. The zero-order valence-corrected chi connectivity index (χ0v) is 22.6. The molecule has 0 amide bonds. The van der Waals surface area contributed by atoms with E-state index >= 15 is 0 Å². The molecule has 3 rings (SSSR count). The van der Waals surface area contributed by atoms with Crippen LogP contribution in [0.5, 0.6) is 0 Å². The fraction of sp³-hybridized carbons (Fsp3) is 0.545. The molecule has 0 bridgehead atoms. The third-order valence-electron chi connectivity index (χ3n) is 7.90. The number of hydrogen-bond acceptors (Lipinski definition) is 0. The van der Waals surface area contributed by atoms with Crippen molar-refractivity contribution in [3.05, 3.63) is 90.0 Å². The van der Waals surface area contributed by atoms with Crippen LogP contribution in [0, 0.1) is 0 Å². The highest BCUT2D eigenvalue weighted by atomic mass is 15.1. The van der Waals surface area contributed by atoms with Crippen molar-refractivity contribution in [2.24, 2.45) is 0 Å². The van der Waals surface area contributed by atoms with Gasteiger partial charge in [0.25, 0.3) is 5.82 Å². The smallest absolute Gasteiger partial charge is 0.247 e. The van der Waals surface area contributed by atoms with Crippen LogP contribution in [-0.4, -0.2) is 4.98 Å². The number of unbranched alkanes of at least 4 members (excludes halogenated alkanes) is 9. The Morgan fingerprint density at radius 1 is 0.743 bits per heavy atom. The lowest BCUT2D eigenvalue weighted by Crippen LogP contribution is -2.43. The van der Waals surface area contributed by atoms with Crippen LogP contribution in [0.2, 0.25) is 0 Å². The molecule has 2 atom stereocenters. The standard InChI is InChI=1S/C33H48N2/c1-4-6-7-8-9-10-11-12-13-20-26-35-27-25-34-32(35)31(5-2)33(3,30-23-18-15-19-24-30)28-29-21-16-14-17-22-29/h14-19,21-25,27,31H,4-13,20,26,28H2,1-3H3/p+1. The van der Waals surface area contributed by atoms with Crippen LogP contribution in [0.25, 0.3) is 0 Å². The van der Waals surface area contributed by atoms with Crippen molar-refractivity contribution in [2.75, 3.05) is 0 Å².